The van der Waals surface area contributed by atoms with Crippen molar-refractivity contribution in [3.63, 3.8) is 0 Å². The fourth-order valence-corrected chi connectivity index (χ4v) is 1.96. The Bertz CT molecular complexity index is 655. The summed E-state index contributed by atoms with van der Waals surface area (Å²) < 4.78 is 26.1. The highest BCUT2D eigenvalue weighted by Gasteiger charge is 2.18. The summed E-state index contributed by atoms with van der Waals surface area (Å²) in [6, 6.07) is 4.63. The molecule has 0 spiro atoms. The number of halogens is 1. The van der Waals surface area contributed by atoms with Crippen LogP contribution in [0.1, 0.15) is 34.1 Å². The number of hydrogen-bond donors (Lipinski definition) is 0. The summed E-state index contributed by atoms with van der Waals surface area (Å²) in [6.07, 6.45) is 1.81. The number of fused-ring (bicyclic) bond motifs is 1. The van der Waals surface area contributed by atoms with Crippen molar-refractivity contribution in [3.05, 3.63) is 30.2 Å². The van der Waals surface area contributed by atoms with E-state index in [1.807, 2.05) is 27.7 Å². The van der Waals surface area contributed by atoms with Crippen molar-refractivity contribution in [2.75, 3.05) is 6.61 Å². The second-order valence-electron chi connectivity index (χ2n) is 5.86. The van der Waals surface area contributed by atoms with E-state index in [0.717, 1.165) is 11.8 Å². The number of carbonyl (C=O) groups excluding carboxylic acids is 1. The van der Waals surface area contributed by atoms with E-state index in [1.165, 1.54) is 10.6 Å². The minimum atomic E-state index is -0.504. The maximum absolute atomic E-state index is 14.1. The summed E-state index contributed by atoms with van der Waals surface area (Å²) >= 11 is 0. The fourth-order valence-electron chi connectivity index (χ4n) is 1.96. The number of benzene rings is 1. The number of aromatic nitrogens is 1. The molecule has 0 N–H and O–H groups in total. The van der Waals surface area contributed by atoms with Gasteiger partial charge in [-0.2, -0.15) is 0 Å². The van der Waals surface area contributed by atoms with Crippen molar-refractivity contribution in [2.45, 2.75) is 39.7 Å². The zero-order chi connectivity index (χ0) is 15.6. The summed E-state index contributed by atoms with van der Waals surface area (Å²) in [5, 5.41) is 0.726. The van der Waals surface area contributed by atoms with Crippen molar-refractivity contribution in [2.24, 2.45) is 0 Å². The molecule has 0 saturated heterocycles. The third-order valence-electron chi connectivity index (χ3n) is 2.79. The second kappa shape index (κ2) is 5.76. The summed E-state index contributed by atoms with van der Waals surface area (Å²) in [5.41, 5.74) is -0.0215. The molecule has 0 aliphatic carbocycles. The zero-order valence-corrected chi connectivity index (χ0v) is 12.8. The summed E-state index contributed by atoms with van der Waals surface area (Å²) in [7, 11) is 0. The van der Waals surface area contributed by atoms with Gasteiger partial charge < -0.3 is 9.47 Å². The average Bonchev–Trinajstić information content (AvgIpc) is 2.77. The quantitative estimate of drug-likeness (QED) is 0.844. The third kappa shape index (κ3) is 3.54. The van der Waals surface area contributed by atoms with Crippen LogP contribution >= 0.6 is 0 Å². The Morgan fingerprint density at radius 3 is 2.67 bits per heavy atom. The van der Waals surface area contributed by atoms with Gasteiger partial charge in [-0.05, 0) is 39.3 Å². The molecule has 2 aromatic rings. The Balaban J connectivity index is 2.37. The monoisotopic (exact) mass is 293 g/mol. The highest BCUT2D eigenvalue weighted by molar-refractivity contribution is 5.90. The van der Waals surface area contributed by atoms with E-state index in [2.05, 4.69) is 0 Å². The van der Waals surface area contributed by atoms with Gasteiger partial charge in [0.1, 0.15) is 5.60 Å². The summed E-state index contributed by atoms with van der Waals surface area (Å²) in [5.74, 6) is -0.324. The van der Waals surface area contributed by atoms with Crippen LogP contribution in [0.4, 0.5) is 9.18 Å². The predicted octanol–water partition coefficient (Wildman–Crippen LogP) is 4.35. The van der Waals surface area contributed by atoms with Crippen molar-refractivity contribution < 1.29 is 18.7 Å². The zero-order valence-electron chi connectivity index (χ0n) is 12.8. The molecule has 1 heterocycles. The molecule has 0 bridgehead atoms. The third-order valence-corrected chi connectivity index (χ3v) is 2.79. The van der Waals surface area contributed by atoms with E-state index in [4.69, 9.17) is 9.47 Å². The first-order valence-corrected chi connectivity index (χ1v) is 6.98. The van der Waals surface area contributed by atoms with Crippen LogP contribution < -0.4 is 4.74 Å². The first-order chi connectivity index (χ1) is 9.81. The van der Waals surface area contributed by atoms with Crippen molar-refractivity contribution >= 4 is 17.0 Å². The molecule has 114 valence electrons. The number of ether oxygens (including phenoxy) is 2. The molecule has 2 rings (SSSR count). The maximum atomic E-state index is 14.1. The Morgan fingerprint density at radius 2 is 2.05 bits per heavy atom. The van der Waals surface area contributed by atoms with E-state index >= 15 is 0 Å². The van der Waals surface area contributed by atoms with Gasteiger partial charge in [-0.3, -0.25) is 4.57 Å². The van der Waals surface area contributed by atoms with Crippen molar-refractivity contribution in [1.82, 2.24) is 4.57 Å². The van der Waals surface area contributed by atoms with Gasteiger partial charge >= 0.3 is 6.09 Å². The molecule has 0 saturated carbocycles. The van der Waals surface area contributed by atoms with Crippen molar-refractivity contribution in [3.8, 4) is 5.75 Å². The number of hydrogen-bond acceptors (Lipinski definition) is 3. The summed E-state index contributed by atoms with van der Waals surface area (Å²) in [6.45, 7) is 7.81. The van der Waals surface area contributed by atoms with E-state index in [9.17, 15) is 9.18 Å². The molecule has 0 atom stereocenters. The minimum Gasteiger partial charge on any atom is -0.485 e. The van der Waals surface area contributed by atoms with Gasteiger partial charge in [0.05, 0.1) is 12.1 Å². The lowest BCUT2D eigenvalue weighted by Crippen LogP contribution is -2.23. The van der Waals surface area contributed by atoms with E-state index in [-0.39, 0.29) is 5.75 Å². The Hall–Kier alpha value is -2.04. The van der Waals surface area contributed by atoms with Crippen LogP contribution in [-0.2, 0) is 4.74 Å². The van der Waals surface area contributed by atoms with Gasteiger partial charge in [0.25, 0.3) is 0 Å². The standard InChI is InChI=1S/C16H20FNO3/c1-5-8-20-15(19)18-7-6-11-9-14(21-16(2,3)4)12(17)10-13(11)18/h6-7,9-10H,5,8H2,1-4H3. The molecule has 1 aromatic carbocycles. The molecule has 21 heavy (non-hydrogen) atoms. The van der Waals surface area contributed by atoms with Crippen LogP contribution in [0.15, 0.2) is 24.4 Å². The van der Waals surface area contributed by atoms with E-state index < -0.39 is 17.5 Å². The molecule has 0 unspecified atom stereocenters. The Kier molecular flexibility index (Phi) is 4.21. The van der Waals surface area contributed by atoms with Gasteiger partial charge in [-0.25, -0.2) is 9.18 Å². The molecule has 4 nitrogen and oxygen atoms in total. The first-order valence-electron chi connectivity index (χ1n) is 6.98. The predicted molar refractivity (Wildman–Crippen MR) is 79.3 cm³/mol. The van der Waals surface area contributed by atoms with Crippen LogP contribution in [-0.4, -0.2) is 22.9 Å². The molecular formula is C16H20FNO3. The number of carbonyl (C=O) groups is 1. The van der Waals surface area contributed by atoms with Gasteiger partial charge in [-0.1, -0.05) is 6.92 Å². The van der Waals surface area contributed by atoms with Crippen molar-refractivity contribution in [1.29, 1.82) is 0 Å². The van der Waals surface area contributed by atoms with E-state index in [0.29, 0.717) is 12.1 Å². The first kappa shape index (κ1) is 15.4. The van der Waals surface area contributed by atoms with Gasteiger partial charge in [0.15, 0.2) is 11.6 Å². The second-order valence-corrected chi connectivity index (χ2v) is 5.86. The average molecular weight is 293 g/mol. The topological polar surface area (TPSA) is 40.5 Å². The molecular weight excluding hydrogens is 273 g/mol. The highest BCUT2D eigenvalue weighted by atomic mass is 19.1. The minimum absolute atomic E-state index is 0.176. The Morgan fingerprint density at radius 1 is 1.33 bits per heavy atom. The molecule has 0 fully saturated rings. The number of rotatable bonds is 3. The van der Waals surface area contributed by atoms with Crippen LogP contribution in [0.25, 0.3) is 10.9 Å². The molecule has 1 aromatic heterocycles. The number of nitrogens with zero attached hydrogens (tertiary/aromatic N) is 1. The van der Waals surface area contributed by atoms with Gasteiger partial charge in [-0.15, -0.1) is 0 Å². The van der Waals surface area contributed by atoms with Gasteiger partial charge in [0, 0.05) is 17.6 Å². The molecule has 0 aliphatic heterocycles. The van der Waals surface area contributed by atoms with Crippen LogP contribution in [0, 0.1) is 5.82 Å². The molecule has 0 aliphatic rings. The van der Waals surface area contributed by atoms with Crippen LogP contribution in [0.2, 0.25) is 0 Å². The van der Waals surface area contributed by atoms with E-state index in [1.54, 1.807) is 18.3 Å². The largest absolute Gasteiger partial charge is 0.485 e. The fraction of sp³-hybridized carbons (Fsp3) is 0.438. The molecule has 0 amide bonds. The lowest BCUT2D eigenvalue weighted by Gasteiger charge is -2.21. The normalized spacial score (nSPS) is 11.7. The van der Waals surface area contributed by atoms with Gasteiger partial charge in [0.2, 0.25) is 0 Å². The molecule has 0 radical (unpaired) electrons. The lowest BCUT2D eigenvalue weighted by molar-refractivity contribution is 0.124. The highest BCUT2D eigenvalue weighted by Crippen LogP contribution is 2.28. The summed E-state index contributed by atoms with van der Waals surface area (Å²) in [4.78, 5) is 11.9. The maximum Gasteiger partial charge on any atom is 0.418 e. The SMILES string of the molecule is CCCOC(=O)n1ccc2cc(OC(C)(C)C)c(F)cc21. The lowest BCUT2D eigenvalue weighted by atomic mass is 10.2. The smallest absolute Gasteiger partial charge is 0.418 e. The molecule has 5 heteroatoms. The van der Waals surface area contributed by atoms with Crippen LogP contribution in [0.5, 0.6) is 5.75 Å². The Labute approximate surface area is 123 Å². The van der Waals surface area contributed by atoms with Crippen LogP contribution in [0.3, 0.4) is 0 Å².